The highest BCUT2D eigenvalue weighted by atomic mass is 35.5. The average molecular weight is 565 g/mol. The van der Waals surface area contributed by atoms with E-state index in [1.54, 1.807) is 30.1 Å². The average Bonchev–Trinajstić information content (AvgIpc) is 3.28. The number of carbonyl (C=O) groups excluding carboxylic acids is 1. The molecule has 4 aromatic rings. The number of urea groups is 1. The third kappa shape index (κ3) is 6.26. The highest BCUT2D eigenvalue weighted by molar-refractivity contribution is 6.33. The van der Waals surface area contributed by atoms with Crippen LogP contribution in [0.25, 0.3) is 0 Å². The van der Waals surface area contributed by atoms with Crippen LogP contribution < -0.4 is 20.9 Å². The van der Waals surface area contributed by atoms with Crippen molar-refractivity contribution in [3.63, 3.8) is 0 Å². The van der Waals surface area contributed by atoms with E-state index in [4.69, 9.17) is 23.2 Å². The van der Waals surface area contributed by atoms with Gasteiger partial charge in [0.1, 0.15) is 5.02 Å². The van der Waals surface area contributed by atoms with E-state index >= 15 is 0 Å². The topological polar surface area (TPSA) is 111 Å². The quantitative estimate of drug-likeness (QED) is 0.195. The largest absolute Gasteiger partial charge is 0.417 e. The number of aromatic nitrogens is 4. The summed E-state index contributed by atoms with van der Waals surface area (Å²) < 4.78 is 39.3. The van der Waals surface area contributed by atoms with Crippen molar-refractivity contribution in [2.24, 2.45) is 0 Å². The minimum atomic E-state index is -4.65. The highest BCUT2D eigenvalue weighted by Gasteiger charge is 2.33. The first-order valence-electron chi connectivity index (χ1n) is 11.0. The van der Waals surface area contributed by atoms with Gasteiger partial charge in [0.05, 0.1) is 16.8 Å². The van der Waals surface area contributed by atoms with Crippen LogP contribution in [0.3, 0.4) is 0 Å². The van der Waals surface area contributed by atoms with Crippen molar-refractivity contribution in [2.75, 3.05) is 27.9 Å². The number of H-pyrrole nitrogens is 1. The molecule has 0 aliphatic rings. The molecule has 0 spiro atoms. The third-order valence-corrected chi connectivity index (χ3v) is 5.95. The lowest BCUT2D eigenvalue weighted by Crippen LogP contribution is -2.20. The number of aromatic amines is 1. The maximum absolute atomic E-state index is 13.1. The Morgan fingerprint density at radius 2 is 1.68 bits per heavy atom. The van der Waals surface area contributed by atoms with Crippen LogP contribution in [-0.2, 0) is 6.18 Å². The molecule has 9 nitrogen and oxygen atoms in total. The molecule has 0 fully saturated rings. The number of carbonyl (C=O) groups is 1. The number of halogens is 5. The van der Waals surface area contributed by atoms with Gasteiger partial charge in [-0.2, -0.15) is 23.3 Å². The molecule has 14 heteroatoms. The zero-order valence-corrected chi connectivity index (χ0v) is 21.7. The zero-order valence-electron chi connectivity index (χ0n) is 20.2. The van der Waals surface area contributed by atoms with Gasteiger partial charge in [0.15, 0.2) is 11.6 Å². The number of alkyl halides is 3. The minimum absolute atomic E-state index is 0.0667. The number of hydrogen-bond acceptors (Lipinski definition) is 6. The molecule has 2 aromatic heterocycles. The normalized spacial score (nSPS) is 11.3. The Morgan fingerprint density at radius 1 is 1.00 bits per heavy atom. The maximum Gasteiger partial charge on any atom is 0.417 e. The van der Waals surface area contributed by atoms with Gasteiger partial charge >= 0.3 is 12.2 Å². The van der Waals surface area contributed by atoms with Gasteiger partial charge in [0.25, 0.3) is 0 Å². The summed E-state index contributed by atoms with van der Waals surface area (Å²) in [6.45, 7) is 3.71. The van der Waals surface area contributed by atoms with E-state index in [1.165, 1.54) is 12.3 Å². The second kappa shape index (κ2) is 10.8. The fourth-order valence-electron chi connectivity index (χ4n) is 3.41. The van der Waals surface area contributed by atoms with Gasteiger partial charge < -0.3 is 20.9 Å². The Bertz CT molecular complexity index is 1490. The molecule has 4 N–H and O–H groups in total. The van der Waals surface area contributed by atoms with Crippen LogP contribution in [-0.4, -0.2) is 33.2 Å². The van der Waals surface area contributed by atoms with Crippen LogP contribution in [0, 0.1) is 13.8 Å². The zero-order chi connectivity index (χ0) is 27.6. The van der Waals surface area contributed by atoms with Crippen LogP contribution in [0.1, 0.15) is 16.8 Å². The Balaban J connectivity index is 1.49. The number of benzene rings is 2. The summed E-state index contributed by atoms with van der Waals surface area (Å²) in [4.78, 5) is 22.9. The van der Waals surface area contributed by atoms with E-state index in [9.17, 15) is 18.0 Å². The number of nitrogens with zero attached hydrogens (tertiary/aromatic N) is 4. The van der Waals surface area contributed by atoms with Gasteiger partial charge in [-0.05, 0) is 49.7 Å². The fraction of sp³-hybridized carbons (Fsp3) is 0.167. The van der Waals surface area contributed by atoms with Crippen LogP contribution in [0.4, 0.5) is 52.6 Å². The molecule has 0 atom stereocenters. The van der Waals surface area contributed by atoms with Crippen LogP contribution >= 0.6 is 23.2 Å². The molecule has 198 valence electrons. The van der Waals surface area contributed by atoms with E-state index in [2.05, 4.69) is 36.1 Å². The maximum atomic E-state index is 13.1. The van der Waals surface area contributed by atoms with E-state index < -0.39 is 22.8 Å². The van der Waals surface area contributed by atoms with Gasteiger partial charge in [0, 0.05) is 35.9 Å². The van der Waals surface area contributed by atoms with Crippen LogP contribution in [0.5, 0.6) is 0 Å². The van der Waals surface area contributed by atoms with Crippen molar-refractivity contribution in [1.29, 1.82) is 0 Å². The Hall–Kier alpha value is -4.03. The first kappa shape index (κ1) is 27.0. The molecule has 0 bridgehead atoms. The molecular weight excluding hydrogens is 544 g/mol. The summed E-state index contributed by atoms with van der Waals surface area (Å²) in [6, 6.07) is 9.23. The Labute approximate surface area is 225 Å². The van der Waals surface area contributed by atoms with Gasteiger partial charge in [-0.1, -0.05) is 29.3 Å². The lowest BCUT2D eigenvalue weighted by atomic mass is 10.2. The van der Waals surface area contributed by atoms with Crippen LogP contribution in [0.15, 0.2) is 48.7 Å². The van der Waals surface area contributed by atoms with Crippen molar-refractivity contribution < 1.29 is 18.0 Å². The number of hydrogen-bond donors (Lipinski definition) is 4. The molecule has 2 aromatic carbocycles. The van der Waals surface area contributed by atoms with E-state index in [0.717, 1.165) is 23.4 Å². The standard InChI is InChI=1S/C24H21Cl2F3N8O/c1-12-4-5-15(32-23(38)31-14-6-7-17(25)16(9-14)24(27,28)29)10-19(12)33-22-30-11-18(26)21(34-22)37(3)20-8-13(2)35-36-20/h4-11H,1-3H3,(H,35,36)(H,30,33,34)(H2,31,32,38). The summed E-state index contributed by atoms with van der Waals surface area (Å²) in [5, 5.41) is 15.0. The lowest BCUT2D eigenvalue weighted by Gasteiger charge is -2.18. The fourth-order valence-corrected chi connectivity index (χ4v) is 3.85. The van der Waals surface area contributed by atoms with Crippen molar-refractivity contribution >= 4 is 63.9 Å². The van der Waals surface area contributed by atoms with Gasteiger partial charge in [-0.25, -0.2) is 9.78 Å². The first-order valence-corrected chi connectivity index (χ1v) is 11.8. The van der Waals surface area contributed by atoms with E-state index in [0.29, 0.717) is 28.0 Å². The summed E-state index contributed by atoms with van der Waals surface area (Å²) >= 11 is 12.0. The monoisotopic (exact) mass is 564 g/mol. The number of nitrogens with one attached hydrogen (secondary N) is 4. The predicted molar refractivity (Wildman–Crippen MR) is 142 cm³/mol. The molecule has 0 radical (unpaired) electrons. The van der Waals surface area contributed by atoms with Crippen molar-refractivity contribution in [3.8, 4) is 0 Å². The predicted octanol–water partition coefficient (Wildman–Crippen LogP) is 7.30. The van der Waals surface area contributed by atoms with Crippen molar-refractivity contribution in [2.45, 2.75) is 20.0 Å². The molecule has 0 saturated heterocycles. The van der Waals surface area contributed by atoms with Crippen molar-refractivity contribution in [3.05, 3.63) is 75.5 Å². The molecule has 38 heavy (non-hydrogen) atoms. The van der Waals surface area contributed by atoms with Gasteiger partial charge in [0.2, 0.25) is 5.95 Å². The number of aryl methyl sites for hydroxylation is 2. The third-order valence-electron chi connectivity index (χ3n) is 5.35. The molecule has 0 aliphatic heterocycles. The van der Waals surface area contributed by atoms with Gasteiger partial charge in [-0.3, -0.25) is 5.10 Å². The molecule has 2 amide bonds. The summed E-state index contributed by atoms with van der Waals surface area (Å²) in [7, 11) is 1.76. The lowest BCUT2D eigenvalue weighted by molar-refractivity contribution is -0.137. The SMILES string of the molecule is Cc1cc(N(C)c2nc(Nc3cc(NC(=O)Nc4ccc(Cl)c(C(F)(F)F)c4)ccc3C)ncc2Cl)n[nH]1. The second-order valence-electron chi connectivity index (χ2n) is 8.26. The number of rotatable bonds is 6. The van der Waals surface area contributed by atoms with Gasteiger partial charge in [-0.15, -0.1) is 0 Å². The molecule has 0 aliphatic carbocycles. The summed E-state index contributed by atoms with van der Waals surface area (Å²) in [5.74, 6) is 1.28. The number of anilines is 6. The Kier molecular flexibility index (Phi) is 7.65. The smallest absolute Gasteiger partial charge is 0.324 e. The molecule has 4 rings (SSSR count). The molecule has 0 saturated carbocycles. The molecular formula is C24H21Cl2F3N8O. The summed E-state index contributed by atoms with van der Waals surface area (Å²) in [6.07, 6.45) is -3.20. The second-order valence-corrected chi connectivity index (χ2v) is 9.07. The Morgan fingerprint density at radius 3 is 2.34 bits per heavy atom. The van der Waals surface area contributed by atoms with Crippen molar-refractivity contribution in [1.82, 2.24) is 20.2 Å². The first-order chi connectivity index (χ1) is 17.9. The number of amides is 2. The van der Waals surface area contributed by atoms with E-state index in [-0.39, 0.29) is 11.6 Å². The molecule has 2 heterocycles. The summed E-state index contributed by atoms with van der Waals surface area (Å²) in [5.41, 5.74) is 1.53. The molecule has 0 unspecified atom stereocenters. The highest BCUT2D eigenvalue weighted by Crippen LogP contribution is 2.36. The minimum Gasteiger partial charge on any atom is -0.324 e. The van der Waals surface area contributed by atoms with E-state index in [1.807, 2.05) is 19.9 Å². The van der Waals surface area contributed by atoms with Crippen LogP contribution in [0.2, 0.25) is 10.0 Å².